The van der Waals surface area contributed by atoms with Gasteiger partial charge in [-0.25, -0.2) is 19.2 Å². The van der Waals surface area contributed by atoms with Crippen molar-refractivity contribution in [2.24, 2.45) is 0 Å². The number of para-hydroxylation sites is 2. The Bertz CT molecular complexity index is 3300. The lowest BCUT2D eigenvalue weighted by Gasteiger charge is -2.48. The maximum atomic E-state index is 13.0. The number of hydrogen-bond acceptors (Lipinski definition) is 10. The van der Waals surface area contributed by atoms with Gasteiger partial charge in [0, 0.05) is 28.7 Å². The summed E-state index contributed by atoms with van der Waals surface area (Å²) >= 11 is 0. The van der Waals surface area contributed by atoms with Gasteiger partial charge in [-0.3, -0.25) is 34.3 Å². The van der Waals surface area contributed by atoms with Gasteiger partial charge in [-0.2, -0.15) is 0 Å². The second kappa shape index (κ2) is 21.2. The van der Waals surface area contributed by atoms with Gasteiger partial charge in [-0.15, -0.1) is 0 Å². The minimum Gasteiger partial charge on any atom is -0.424 e. The molecule has 3 spiro atoms. The van der Waals surface area contributed by atoms with Crippen molar-refractivity contribution in [2.75, 3.05) is 71.7 Å². The molecule has 0 radical (unpaired) electrons. The highest BCUT2D eigenvalue weighted by Gasteiger charge is 2.53. The Morgan fingerprint density at radius 3 is 1.32 bits per heavy atom. The minimum absolute atomic E-state index is 0.0120. The van der Waals surface area contributed by atoms with E-state index in [0.29, 0.717) is 41.3 Å². The number of carbonyl (C=O) groups is 4. The average Bonchev–Trinajstić information content (AvgIpc) is 4.28. The molecule has 5 N–H and O–H groups in total. The van der Waals surface area contributed by atoms with E-state index in [2.05, 4.69) is 168 Å². The van der Waals surface area contributed by atoms with Gasteiger partial charge in [0.1, 0.15) is 0 Å². The van der Waals surface area contributed by atoms with E-state index in [0.717, 1.165) is 89.2 Å². The quantitative estimate of drug-likeness (QED) is 0.0728. The average molecular weight is 1090 g/mol. The molecule has 6 fully saturated rings. The molecule has 0 bridgehead atoms. The van der Waals surface area contributed by atoms with E-state index in [4.69, 9.17) is 9.15 Å². The van der Waals surface area contributed by atoms with Crippen LogP contribution in [0, 0.1) is 0 Å². The molecule has 7 aliphatic rings. The van der Waals surface area contributed by atoms with Crippen molar-refractivity contribution in [3.8, 4) is 5.75 Å². The largest absolute Gasteiger partial charge is 0.424 e. The zero-order valence-corrected chi connectivity index (χ0v) is 47.0. The third-order valence-electron chi connectivity index (χ3n) is 19.4. The number of amides is 6. The van der Waals surface area contributed by atoms with Crippen LogP contribution in [0.4, 0.5) is 25.8 Å². The molecule has 4 aliphatic heterocycles. The molecule has 0 unspecified atom stereocenters. The summed E-state index contributed by atoms with van der Waals surface area (Å²) in [5.41, 5.74) is 6.75. The van der Waals surface area contributed by atoms with Crippen molar-refractivity contribution in [3.05, 3.63) is 160 Å². The number of nitrogens with one attached hydrogen (secondary N) is 5. The van der Waals surface area contributed by atoms with Crippen LogP contribution in [0.15, 0.2) is 137 Å². The Kier molecular flexibility index (Phi) is 14.4. The minimum atomic E-state index is -0.511. The summed E-state index contributed by atoms with van der Waals surface area (Å²) in [5.74, 6) is -0.233. The summed E-state index contributed by atoms with van der Waals surface area (Å²) in [6.07, 6.45) is 11.9. The summed E-state index contributed by atoms with van der Waals surface area (Å²) in [4.78, 5) is 73.9. The highest BCUT2D eigenvalue weighted by molar-refractivity contribution is 6.02. The SMILES string of the molecule is CN(C)C1(c2ccccc2)CCC2(CC1)CN(c1cccc3[nH]c(=O)oc13)C(=O)N2.CN(C)C1(c2ccccc2)CCC2(CC1)CN(c1cccc3c1OC(=O)C3)C(=O)N2.CN(C)C1(c2ccccc2)CCC2(CC1)CNC(=O)N2. The molecule has 80 heavy (non-hydrogen) atoms. The number of rotatable bonds is 8. The van der Waals surface area contributed by atoms with Crippen LogP contribution < -0.4 is 41.6 Å². The molecule has 17 nitrogen and oxygen atoms in total. The third kappa shape index (κ3) is 9.91. The van der Waals surface area contributed by atoms with Crippen molar-refractivity contribution < 1.29 is 28.3 Å². The number of nitrogens with zero attached hydrogens (tertiary/aromatic N) is 5. The number of hydrogen-bond donors (Lipinski definition) is 5. The van der Waals surface area contributed by atoms with E-state index in [-0.39, 0.29) is 63.7 Å². The molecule has 3 aliphatic carbocycles. The predicted octanol–water partition coefficient (Wildman–Crippen LogP) is 8.94. The lowest BCUT2D eigenvalue weighted by Crippen LogP contribution is -2.54. The molecule has 13 rings (SSSR count). The fraction of sp³-hybridized carbons (Fsp3) is 0.444. The normalized spacial score (nSPS) is 28.8. The summed E-state index contributed by atoms with van der Waals surface area (Å²) in [6.45, 7) is 1.93. The summed E-state index contributed by atoms with van der Waals surface area (Å²) < 4.78 is 10.7. The number of anilines is 2. The Labute approximate surface area is 468 Å². The Morgan fingerprint density at radius 1 is 0.463 bits per heavy atom. The number of urea groups is 3. The maximum Gasteiger partial charge on any atom is 0.417 e. The molecule has 0 atom stereocenters. The standard InChI is InChI=1S/C24H27N3O3.C23H26N4O3.C16H23N3O/c1-26(2)24(18-8-4-3-5-9-18)13-11-23(12-14-24)16-27(22(29)25-23)19-10-6-7-17-15-20(28)30-21(17)19;1-26(2)23(16-7-4-3-5-8-16)13-11-22(12-14-23)15-27(20(28)25-22)18-10-6-9-17-19(18)30-21(29)24-17;1-19(2)16(13-6-4-3-5-7-13)10-8-15(9-11-16)12-17-14(20)18-15/h3-10H,11-16H2,1-2H3,(H,25,29);3-10H,11-15H2,1-2H3,(H,24,29)(H,25,28);3-7H,8-12H2,1-2H3,(H2,17,18,20). The molecule has 6 amide bonds. The second-order valence-electron chi connectivity index (χ2n) is 24.1. The number of oxazole rings is 1. The first kappa shape index (κ1) is 54.5. The monoisotopic (exact) mass is 1080 g/mol. The number of carbonyl (C=O) groups excluding carboxylic acids is 4. The first-order valence-electron chi connectivity index (χ1n) is 28.3. The van der Waals surface area contributed by atoms with Gasteiger partial charge in [0.2, 0.25) is 0 Å². The molecule has 1 aromatic heterocycles. The molecule has 6 aromatic rings. The van der Waals surface area contributed by atoms with Gasteiger partial charge >= 0.3 is 29.8 Å². The Morgan fingerprint density at radius 2 is 0.887 bits per heavy atom. The van der Waals surface area contributed by atoms with Gasteiger partial charge in [-0.1, -0.05) is 109 Å². The highest BCUT2D eigenvalue weighted by Crippen LogP contribution is 2.50. The van der Waals surface area contributed by atoms with Gasteiger partial charge in [0.15, 0.2) is 11.3 Å². The van der Waals surface area contributed by atoms with Crippen molar-refractivity contribution in [3.63, 3.8) is 0 Å². The summed E-state index contributed by atoms with van der Waals surface area (Å²) in [5, 5.41) is 12.6. The maximum absolute atomic E-state index is 13.0. The Hall–Kier alpha value is -7.47. The van der Waals surface area contributed by atoms with Gasteiger partial charge in [-0.05, 0) is 154 Å². The van der Waals surface area contributed by atoms with Crippen LogP contribution in [0.2, 0.25) is 0 Å². The Balaban J connectivity index is 0.000000129. The number of fused-ring (bicyclic) bond motifs is 2. The highest BCUT2D eigenvalue weighted by atomic mass is 16.5. The van der Waals surface area contributed by atoms with E-state index < -0.39 is 5.76 Å². The van der Waals surface area contributed by atoms with Crippen LogP contribution in [0.1, 0.15) is 99.3 Å². The molecule has 17 heteroatoms. The van der Waals surface area contributed by atoms with Gasteiger partial charge in [0.25, 0.3) is 0 Å². The van der Waals surface area contributed by atoms with Crippen molar-refractivity contribution >= 4 is 46.5 Å². The first-order valence-corrected chi connectivity index (χ1v) is 28.3. The van der Waals surface area contributed by atoms with Crippen molar-refractivity contribution in [1.82, 2.24) is 41.0 Å². The van der Waals surface area contributed by atoms with E-state index in [1.165, 1.54) is 16.7 Å². The third-order valence-corrected chi connectivity index (χ3v) is 19.4. The number of aromatic amines is 1. The number of ether oxygens (including phenoxy) is 1. The summed E-state index contributed by atoms with van der Waals surface area (Å²) in [6, 6.07) is 42.9. The summed E-state index contributed by atoms with van der Waals surface area (Å²) in [7, 11) is 12.9. The van der Waals surface area contributed by atoms with Crippen LogP contribution in [0.5, 0.6) is 5.75 Å². The van der Waals surface area contributed by atoms with E-state index in [1.807, 2.05) is 36.4 Å². The van der Waals surface area contributed by atoms with Crippen LogP contribution in [0.25, 0.3) is 11.1 Å². The lowest BCUT2D eigenvalue weighted by molar-refractivity contribution is -0.131. The molecule has 420 valence electrons. The second-order valence-corrected chi connectivity index (χ2v) is 24.1. The zero-order chi connectivity index (χ0) is 56.1. The predicted molar refractivity (Wildman–Crippen MR) is 310 cm³/mol. The molecule has 5 heterocycles. The van der Waals surface area contributed by atoms with E-state index >= 15 is 0 Å². The van der Waals surface area contributed by atoms with Crippen LogP contribution in [-0.4, -0.2) is 122 Å². The van der Waals surface area contributed by atoms with Crippen molar-refractivity contribution in [1.29, 1.82) is 0 Å². The van der Waals surface area contributed by atoms with Crippen molar-refractivity contribution in [2.45, 2.75) is 117 Å². The van der Waals surface area contributed by atoms with E-state index in [1.54, 1.807) is 15.9 Å². The lowest BCUT2D eigenvalue weighted by atomic mass is 9.69. The van der Waals surface area contributed by atoms with Gasteiger partial charge in [0.05, 0.1) is 53.0 Å². The van der Waals surface area contributed by atoms with Crippen LogP contribution in [-0.2, 0) is 27.8 Å². The topological polar surface area (TPSA) is 188 Å². The van der Waals surface area contributed by atoms with Crippen LogP contribution in [0.3, 0.4) is 0 Å². The molecule has 3 saturated carbocycles. The number of aromatic nitrogens is 1. The molecule has 5 aromatic carbocycles. The first-order chi connectivity index (χ1) is 38.4. The molecule has 3 saturated heterocycles. The van der Waals surface area contributed by atoms with Crippen LogP contribution >= 0.6 is 0 Å². The molecular weight excluding hydrogens is 1010 g/mol. The smallest absolute Gasteiger partial charge is 0.417 e. The van der Waals surface area contributed by atoms with E-state index in [9.17, 15) is 24.0 Å². The fourth-order valence-electron chi connectivity index (χ4n) is 14.4. The zero-order valence-electron chi connectivity index (χ0n) is 47.0. The number of esters is 1. The fourth-order valence-corrected chi connectivity index (χ4v) is 14.4. The number of benzene rings is 5. The van der Waals surface area contributed by atoms with Gasteiger partial charge < -0.3 is 30.4 Å². The molecular formula is C63H76N10O7. The number of H-pyrrole nitrogens is 1.